The average Bonchev–Trinajstić information content (AvgIpc) is 2.60. The molecule has 0 spiro atoms. The summed E-state index contributed by atoms with van der Waals surface area (Å²) in [6.45, 7) is 2.24. The Labute approximate surface area is 151 Å². The van der Waals surface area contributed by atoms with Gasteiger partial charge in [0, 0.05) is 10.5 Å². The second-order valence-electron chi connectivity index (χ2n) is 6.20. The zero-order chi connectivity index (χ0) is 17.2. The Morgan fingerprint density at radius 3 is 2.25 bits per heavy atom. The smallest absolute Gasteiger partial charge is 0.173 e. The first-order valence-electron chi connectivity index (χ1n) is 8.99. The Bertz CT molecular complexity index is 611. The van der Waals surface area contributed by atoms with Gasteiger partial charge in [-0.25, -0.2) is 0 Å². The maximum Gasteiger partial charge on any atom is 0.173 e. The van der Waals surface area contributed by atoms with E-state index in [1.54, 1.807) is 6.07 Å². The van der Waals surface area contributed by atoms with Crippen LogP contribution in [0.2, 0.25) is 0 Å². The monoisotopic (exact) mass is 344 g/mol. The van der Waals surface area contributed by atoms with Gasteiger partial charge in [0.05, 0.1) is 0 Å². The number of phenolic OH excluding ortho intramolecular Hbond substituents is 1. The summed E-state index contributed by atoms with van der Waals surface area (Å²) in [4.78, 5) is 0.879. The van der Waals surface area contributed by atoms with E-state index in [1.807, 2.05) is 36.4 Å². The summed E-state index contributed by atoms with van der Waals surface area (Å²) >= 11 is 4.56. The molecule has 0 atom stereocenters. The van der Waals surface area contributed by atoms with Crippen LogP contribution in [0.5, 0.6) is 17.2 Å². The lowest BCUT2D eigenvalue weighted by molar-refractivity contribution is 0.404. The van der Waals surface area contributed by atoms with Gasteiger partial charge >= 0.3 is 0 Å². The lowest BCUT2D eigenvalue weighted by Gasteiger charge is -2.15. The van der Waals surface area contributed by atoms with Crippen molar-refractivity contribution in [2.24, 2.45) is 0 Å². The lowest BCUT2D eigenvalue weighted by atomic mass is 10.0. The van der Waals surface area contributed by atoms with Crippen molar-refractivity contribution < 1.29 is 9.84 Å². The molecule has 24 heavy (non-hydrogen) atoms. The fourth-order valence-corrected chi connectivity index (χ4v) is 3.11. The van der Waals surface area contributed by atoms with Crippen LogP contribution in [0.15, 0.2) is 47.4 Å². The highest BCUT2D eigenvalue weighted by Crippen LogP contribution is 2.38. The minimum absolute atomic E-state index is 0.176. The van der Waals surface area contributed by atoms with Crippen molar-refractivity contribution in [1.82, 2.24) is 0 Å². The number of rotatable bonds is 10. The van der Waals surface area contributed by atoms with Gasteiger partial charge in [0.25, 0.3) is 0 Å². The Kier molecular flexibility index (Phi) is 8.03. The summed E-state index contributed by atoms with van der Waals surface area (Å²) in [6.07, 6.45) is 9.72. The number of para-hydroxylation sites is 1. The number of hydrogen-bond donors (Lipinski definition) is 2. The molecule has 3 heteroatoms. The normalized spacial score (nSPS) is 10.8. The van der Waals surface area contributed by atoms with Crippen molar-refractivity contribution in [2.45, 2.75) is 63.2 Å². The van der Waals surface area contributed by atoms with Crippen LogP contribution in [0.25, 0.3) is 0 Å². The highest BCUT2D eigenvalue weighted by molar-refractivity contribution is 7.80. The zero-order valence-electron chi connectivity index (χ0n) is 14.5. The fraction of sp³-hybridized carbons (Fsp3) is 0.429. The highest BCUT2D eigenvalue weighted by Gasteiger charge is 2.13. The number of phenols is 1. The van der Waals surface area contributed by atoms with Crippen LogP contribution >= 0.6 is 12.6 Å². The van der Waals surface area contributed by atoms with Crippen LogP contribution in [0.1, 0.15) is 57.4 Å². The molecule has 2 aromatic rings. The maximum absolute atomic E-state index is 10.2. The van der Waals surface area contributed by atoms with Crippen LogP contribution < -0.4 is 4.74 Å². The zero-order valence-corrected chi connectivity index (χ0v) is 15.4. The van der Waals surface area contributed by atoms with Gasteiger partial charge in [-0.05, 0) is 37.1 Å². The van der Waals surface area contributed by atoms with Crippen molar-refractivity contribution >= 4 is 12.6 Å². The molecule has 0 aromatic heterocycles. The molecule has 0 saturated heterocycles. The molecule has 0 aliphatic heterocycles. The SMILES string of the molecule is CCCCCCCCCc1c(S)ccc(O)c1Oc1ccccc1. The van der Waals surface area contributed by atoms with Crippen molar-refractivity contribution in [3.05, 3.63) is 48.0 Å². The summed E-state index contributed by atoms with van der Waals surface area (Å²) in [7, 11) is 0. The van der Waals surface area contributed by atoms with E-state index in [4.69, 9.17) is 4.74 Å². The van der Waals surface area contributed by atoms with Crippen molar-refractivity contribution in [1.29, 1.82) is 0 Å². The molecule has 1 N–H and O–H groups in total. The molecule has 0 saturated carbocycles. The number of aromatic hydroxyl groups is 1. The van der Waals surface area contributed by atoms with E-state index in [2.05, 4.69) is 19.6 Å². The number of hydrogen-bond acceptors (Lipinski definition) is 3. The molecule has 0 heterocycles. The Balaban J connectivity index is 1.97. The van der Waals surface area contributed by atoms with Gasteiger partial charge < -0.3 is 9.84 Å². The molecule has 2 nitrogen and oxygen atoms in total. The Morgan fingerprint density at radius 1 is 0.875 bits per heavy atom. The van der Waals surface area contributed by atoms with Gasteiger partial charge in [-0.15, -0.1) is 12.6 Å². The summed E-state index contributed by atoms with van der Waals surface area (Å²) < 4.78 is 5.93. The molecule has 0 aliphatic carbocycles. The van der Waals surface area contributed by atoms with Crippen LogP contribution in [0.3, 0.4) is 0 Å². The van der Waals surface area contributed by atoms with E-state index in [1.165, 1.54) is 38.5 Å². The van der Waals surface area contributed by atoms with Crippen molar-refractivity contribution in [2.75, 3.05) is 0 Å². The van der Waals surface area contributed by atoms with Crippen molar-refractivity contribution in [3.8, 4) is 17.2 Å². The molecule has 0 fully saturated rings. The third-order valence-electron chi connectivity index (χ3n) is 4.21. The van der Waals surface area contributed by atoms with E-state index in [9.17, 15) is 5.11 Å². The Hall–Kier alpha value is -1.61. The minimum atomic E-state index is 0.176. The highest BCUT2D eigenvalue weighted by atomic mass is 32.1. The number of unbranched alkanes of at least 4 members (excludes halogenated alkanes) is 6. The first-order chi connectivity index (χ1) is 11.7. The topological polar surface area (TPSA) is 29.5 Å². The molecule has 0 aliphatic rings. The van der Waals surface area contributed by atoms with Gasteiger partial charge in [-0.3, -0.25) is 0 Å². The van der Waals surface area contributed by atoms with Gasteiger partial charge in [-0.2, -0.15) is 0 Å². The number of thiol groups is 1. The second kappa shape index (κ2) is 10.3. The predicted octanol–water partition coefficient (Wildman–Crippen LogP) is 6.77. The molecule has 2 aromatic carbocycles. The third-order valence-corrected chi connectivity index (χ3v) is 4.63. The number of ether oxygens (including phenoxy) is 1. The van der Waals surface area contributed by atoms with Gasteiger partial charge in [0.15, 0.2) is 11.5 Å². The van der Waals surface area contributed by atoms with Gasteiger partial charge in [-0.1, -0.05) is 63.6 Å². The second-order valence-corrected chi connectivity index (χ2v) is 6.68. The lowest BCUT2D eigenvalue weighted by Crippen LogP contribution is -1.95. The van der Waals surface area contributed by atoms with Crippen LogP contribution in [0.4, 0.5) is 0 Å². The minimum Gasteiger partial charge on any atom is -0.504 e. The fourth-order valence-electron chi connectivity index (χ4n) is 2.83. The summed E-state index contributed by atoms with van der Waals surface area (Å²) in [5, 5.41) is 10.2. The van der Waals surface area contributed by atoms with E-state index in [-0.39, 0.29) is 5.75 Å². The summed E-state index contributed by atoms with van der Waals surface area (Å²) in [5.41, 5.74) is 0.996. The molecule has 0 bridgehead atoms. The average molecular weight is 345 g/mol. The van der Waals surface area contributed by atoms with Crippen LogP contribution in [-0.4, -0.2) is 5.11 Å². The maximum atomic E-state index is 10.2. The van der Waals surface area contributed by atoms with Crippen LogP contribution in [-0.2, 0) is 6.42 Å². The predicted molar refractivity (Wildman–Crippen MR) is 104 cm³/mol. The van der Waals surface area contributed by atoms with E-state index in [0.29, 0.717) is 5.75 Å². The van der Waals surface area contributed by atoms with E-state index in [0.717, 1.165) is 29.1 Å². The molecular formula is C21H28O2S. The van der Waals surface area contributed by atoms with Gasteiger partial charge in [0.1, 0.15) is 5.75 Å². The quantitative estimate of drug-likeness (QED) is 0.368. The third kappa shape index (κ3) is 5.79. The molecule has 0 amide bonds. The number of benzene rings is 2. The Morgan fingerprint density at radius 2 is 1.54 bits per heavy atom. The molecule has 130 valence electrons. The molecule has 0 radical (unpaired) electrons. The summed E-state index contributed by atoms with van der Waals surface area (Å²) in [5.74, 6) is 1.45. The molecule has 2 rings (SSSR count). The first kappa shape index (κ1) is 18.7. The van der Waals surface area contributed by atoms with E-state index >= 15 is 0 Å². The largest absolute Gasteiger partial charge is 0.504 e. The molecular weight excluding hydrogens is 316 g/mol. The van der Waals surface area contributed by atoms with E-state index < -0.39 is 0 Å². The molecule has 0 unspecified atom stereocenters. The van der Waals surface area contributed by atoms with Crippen molar-refractivity contribution in [3.63, 3.8) is 0 Å². The van der Waals surface area contributed by atoms with Gasteiger partial charge in [0.2, 0.25) is 0 Å². The summed E-state index contributed by atoms with van der Waals surface area (Å²) in [6, 6.07) is 13.1. The standard InChI is InChI=1S/C21H28O2S/c1-2-3-4-5-6-7-11-14-18-20(24)16-15-19(22)21(18)23-17-12-9-8-10-13-17/h8-10,12-13,15-16,22,24H,2-7,11,14H2,1H3. The first-order valence-corrected chi connectivity index (χ1v) is 9.43. The van der Waals surface area contributed by atoms with Crippen LogP contribution in [0, 0.1) is 0 Å².